The SMILES string of the molecule is CCOc1cc(CNC(=NC)NC2CCN(Cc3ccccc3)CC2)ccc1OC(F)F. The molecule has 2 aromatic rings. The van der Waals surface area contributed by atoms with Gasteiger partial charge in [-0.2, -0.15) is 8.78 Å². The zero-order chi connectivity index (χ0) is 22.8. The number of piperidine rings is 1. The number of benzene rings is 2. The normalized spacial score (nSPS) is 15.6. The zero-order valence-corrected chi connectivity index (χ0v) is 18.7. The van der Waals surface area contributed by atoms with E-state index in [1.54, 1.807) is 26.1 Å². The van der Waals surface area contributed by atoms with Gasteiger partial charge in [0, 0.05) is 39.3 Å². The van der Waals surface area contributed by atoms with Crippen LogP contribution in [0.2, 0.25) is 0 Å². The fourth-order valence-corrected chi connectivity index (χ4v) is 3.77. The average molecular weight is 447 g/mol. The topological polar surface area (TPSA) is 58.1 Å². The number of hydrogen-bond acceptors (Lipinski definition) is 4. The van der Waals surface area contributed by atoms with E-state index in [9.17, 15) is 8.78 Å². The summed E-state index contributed by atoms with van der Waals surface area (Å²) in [5, 5.41) is 6.79. The second-order valence-corrected chi connectivity index (χ2v) is 7.70. The first-order chi connectivity index (χ1) is 15.6. The van der Waals surface area contributed by atoms with Gasteiger partial charge in [-0.05, 0) is 43.0 Å². The molecule has 6 nitrogen and oxygen atoms in total. The van der Waals surface area contributed by atoms with Crippen molar-refractivity contribution in [3.8, 4) is 11.5 Å². The molecule has 0 spiro atoms. The van der Waals surface area contributed by atoms with Gasteiger partial charge >= 0.3 is 6.61 Å². The molecule has 174 valence electrons. The van der Waals surface area contributed by atoms with Crippen LogP contribution in [0.5, 0.6) is 11.5 Å². The van der Waals surface area contributed by atoms with Crippen molar-refractivity contribution >= 4 is 5.96 Å². The van der Waals surface area contributed by atoms with Crippen molar-refractivity contribution in [1.29, 1.82) is 0 Å². The van der Waals surface area contributed by atoms with Crippen LogP contribution < -0.4 is 20.1 Å². The second-order valence-electron chi connectivity index (χ2n) is 7.70. The molecule has 0 amide bonds. The van der Waals surface area contributed by atoms with Gasteiger partial charge in [0.05, 0.1) is 6.61 Å². The molecule has 0 aliphatic carbocycles. The number of guanidine groups is 1. The maximum absolute atomic E-state index is 12.6. The second kappa shape index (κ2) is 12.2. The van der Waals surface area contributed by atoms with E-state index >= 15 is 0 Å². The smallest absolute Gasteiger partial charge is 0.387 e. The van der Waals surface area contributed by atoms with Gasteiger partial charge < -0.3 is 20.1 Å². The van der Waals surface area contributed by atoms with Crippen molar-refractivity contribution in [2.45, 2.75) is 45.5 Å². The summed E-state index contributed by atoms with van der Waals surface area (Å²) >= 11 is 0. The number of aliphatic imine (C=N–C) groups is 1. The highest BCUT2D eigenvalue weighted by molar-refractivity contribution is 5.80. The molecule has 3 rings (SSSR count). The largest absolute Gasteiger partial charge is 0.490 e. The van der Waals surface area contributed by atoms with Crippen LogP contribution in [-0.4, -0.2) is 50.3 Å². The minimum atomic E-state index is -2.89. The lowest BCUT2D eigenvalue weighted by molar-refractivity contribution is -0.0514. The number of ether oxygens (including phenoxy) is 2. The van der Waals surface area contributed by atoms with E-state index < -0.39 is 6.61 Å². The van der Waals surface area contributed by atoms with Crippen molar-refractivity contribution in [1.82, 2.24) is 15.5 Å². The Balaban J connectivity index is 1.47. The number of alkyl halides is 2. The Kier molecular flexibility index (Phi) is 9.10. The van der Waals surface area contributed by atoms with Crippen molar-refractivity contribution in [3.05, 3.63) is 59.7 Å². The van der Waals surface area contributed by atoms with Crippen LogP contribution >= 0.6 is 0 Å². The molecule has 2 N–H and O–H groups in total. The number of nitrogens with one attached hydrogen (secondary N) is 2. The Labute approximate surface area is 188 Å². The molecule has 1 aliphatic heterocycles. The third-order valence-corrected chi connectivity index (χ3v) is 5.39. The van der Waals surface area contributed by atoms with Gasteiger partial charge in [0.25, 0.3) is 0 Å². The van der Waals surface area contributed by atoms with Crippen molar-refractivity contribution in [3.63, 3.8) is 0 Å². The molecular formula is C24H32F2N4O2. The monoisotopic (exact) mass is 446 g/mol. The lowest BCUT2D eigenvalue weighted by Crippen LogP contribution is -2.48. The Bertz CT molecular complexity index is 856. The fourth-order valence-electron chi connectivity index (χ4n) is 3.77. The Hall–Kier alpha value is -2.87. The molecule has 0 atom stereocenters. The highest BCUT2D eigenvalue weighted by Gasteiger charge is 2.20. The Morgan fingerprint density at radius 3 is 2.50 bits per heavy atom. The summed E-state index contributed by atoms with van der Waals surface area (Å²) in [6.45, 7) is 2.81. The van der Waals surface area contributed by atoms with E-state index in [1.165, 1.54) is 11.6 Å². The molecule has 0 radical (unpaired) electrons. The van der Waals surface area contributed by atoms with Gasteiger partial charge in [-0.1, -0.05) is 36.4 Å². The minimum absolute atomic E-state index is 0.0374. The van der Waals surface area contributed by atoms with Crippen LogP contribution in [0.15, 0.2) is 53.5 Å². The number of rotatable bonds is 9. The lowest BCUT2D eigenvalue weighted by Gasteiger charge is -2.33. The van der Waals surface area contributed by atoms with E-state index in [0.717, 1.165) is 44.0 Å². The molecule has 0 aromatic heterocycles. The summed E-state index contributed by atoms with van der Waals surface area (Å²) < 4.78 is 35.1. The third-order valence-electron chi connectivity index (χ3n) is 5.39. The van der Waals surface area contributed by atoms with Crippen LogP contribution in [-0.2, 0) is 13.1 Å². The van der Waals surface area contributed by atoms with Crippen LogP contribution in [0.3, 0.4) is 0 Å². The fraction of sp³-hybridized carbons (Fsp3) is 0.458. The summed E-state index contributed by atoms with van der Waals surface area (Å²) in [7, 11) is 1.74. The molecule has 1 fully saturated rings. The van der Waals surface area contributed by atoms with Crippen molar-refractivity contribution in [2.24, 2.45) is 4.99 Å². The predicted octanol–water partition coefficient (Wildman–Crippen LogP) is 4.02. The maximum atomic E-state index is 12.6. The van der Waals surface area contributed by atoms with Crippen LogP contribution in [0.1, 0.15) is 30.9 Å². The third kappa shape index (κ3) is 7.37. The summed E-state index contributed by atoms with van der Waals surface area (Å²) in [5.41, 5.74) is 2.23. The van der Waals surface area contributed by atoms with E-state index in [-0.39, 0.29) is 5.75 Å². The van der Waals surface area contributed by atoms with Gasteiger partial charge in [-0.25, -0.2) is 0 Å². The molecular weight excluding hydrogens is 414 g/mol. The summed E-state index contributed by atoms with van der Waals surface area (Å²) in [4.78, 5) is 6.80. The summed E-state index contributed by atoms with van der Waals surface area (Å²) in [6, 6.07) is 15.8. The number of likely N-dealkylation sites (tertiary alicyclic amines) is 1. The molecule has 0 unspecified atom stereocenters. The first-order valence-corrected chi connectivity index (χ1v) is 11.0. The highest BCUT2D eigenvalue weighted by Crippen LogP contribution is 2.29. The van der Waals surface area contributed by atoms with Gasteiger partial charge in [-0.15, -0.1) is 0 Å². The molecule has 0 bridgehead atoms. The standard InChI is InChI=1S/C24H32F2N4O2/c1-3-31-22-15-19(9-10-21(22)32-23(25)26)16-28-24(27-2)29-20-11-13-30(14-12-20)17-18-7-5-4-6-8-18/h4-10,15,20,23H,3,11-14,16-17H2,1-2H3,(H2,27,28,29). The van der Waals surface area contributed by atoms with E-state index in [4.69, 9.17) is 4.74 Å². The highest BCUT2D eigenvalue weighted by atomic mass is 19.3. The first kappa shape index (κ1) is 23.8. The van der Waals surface area contributed by atoms with Gasteiger partial charge in [-0.3, -0.25) is 9.89 Å². The van der Waals surface area contributed by atoms with Gasteiger partial charge in [0.1, 0.15) is 0 Å². The van der Waals surface area contributed by atoms with E-state index in [2.05, 4.69) is 49.5 Å². The summed E-state index contributed by atoms with van der Waals surface area (Å²) in [6.07, 6.45) is 2.09. The lowest BCUT2D eigenvalue weighted by atomic mass is 10.0. The molecule has 1 aliphatic rings. The first-order valence-electron chi connectivity index (χ1n) is 11.0. The Morgan fingerprint density at radius 1 is 1.09 bits per heavy atom. The van der Waals surface area contributed by atoms with Crippen molar-refractivity contribution in [2.75, 3.05) is 26.7 Å². The molecule has 1 saturated heterocycles. The maximum Gasteiger partial charge on any atom is 0.387 e. The molecule has 0 saturated carbocycles. The summed E-state index contributed by atoms with van der Waals surface area (Å²) in [5.74, 6) is 1.06. The zero-order valence-electron chi connectivity index (χ0n) is 18.7. The number of halogens is 2. The average Bonchev–Trinajstić information content (AvgIpc) is 2.80. The van der Waals surface area contributed by atoms with Gasteiger partial charge in [0.15, 0.2) is 17.5 Å². The number of nitrogens with zero attached hydrogens (tertiary/aromatic N) is 2. The quantitative estimate of drug-likeness (QED) is 0.450. The van der Waals surface area contributed by atoms with Crippen molar-refractivity contribution < 1.29 is 18.3 Å². The van der Waals surface area contributed by atoms with E-state index in [0.29, 0.717) is 24.9 Å². The van der Waals surface area contributed by atoms with Crippen LogP contribution in [0.25, 0.3) is 0 Å². The van der Waals surface area contributed by atoms with Crippen LogP contribution in [0, 0.1) is 0 Å². The minimum Gasteiger partial charge on any atom is -0.490 e. The molecule has 8 heteroatoms. The number of hydrogen-bond donors (Lipinski definition) is 2. The van der Waals surface area contributed by atoms with E-state index in [1.807, 2.05) is 6.07 Å². The predicted molar refractivity (Wildman–Crippen MR) is 122 cm³/mol. The Morgan fingerprint density at radius 2 is 1.84 bits per heavy atom. The van der Waals surface area contributed by atoms with Crippen LogP contribution in [0.4, 0.5) is 8.78 Å². The molecule has 1 heterocycles. The van der Waals surface area contributed by atoms with Gasteiger partial charge in [0.2, 0.25) is 0 Å². The molecule has 2 aromatic carbocycles. The molecule has 32 heavy (non-hydrogen) atoms.